The molecule has 2 rings (SSSR count). The minimum Gasteiger partial charge on any atom is -0.481 e. The molecule has 0 atom stereocenters. The highest BCUT2D eigenvalue weighted by Gasteiger charge is 1.99. The molecule has 2 aromatic rings. The molecule has 0 unspecified atom stereocenters. The Morgan fingerprint density at radius 2 is 2.15 bits per heavy atom. The molecule has 0 aliphatic carbocycles. The third-order valence-corrected chi connectivity index (χ3v) is 2.12. The first kappa shape index (κ1) is 8.44. The van der Waals surface area contributed by atoms with Crippen LogP contribution in [0.4, 0.5) is 0 Å². The number of nitrogens with zero attached hydrogens (tertiary/aromatic N) is 2. The average molecular weight is 239 g/mol. The van der Waals surface area contributed by atoms with Crippen molar-refractivity contribution in [2.24, 2.45) is 0 Å². The SMILES string of the molecule is COc1ccc2ncc(Br)cc2n1. The van der Waals surface area contributed by atoms with Crippen molar-refractivity contribution in [1.29, 1.82) is 0 Å². The highest BCUT2D eigenvalue weighted by atomic mass is 79.9. The van der Waals surface area contributed by atoms with Crippen LogP contribution in [0, 0.1) is 0 Å². The number of aromatic nitrogens is 2. The molecular weight excluding hydrogens is 232 g/mol. The Kier molecular flexibility index (Phi) is 2.14. The Labute approximate surface area is 83.9 Å². The fraction of sp³-hybridized carbons (Fsp3) is 0.111. The molecule has 0 N–H and O–H groups in total. The first-order chi connectivity index (χ1) is 6.29. The van der Waals surface area contributed by atoms with E-state index >= 15 is 0 Å². The second-order valence-corrected chi connectivity index (χ2v) is 3.46. The van der Waals surface area contributed by atoms with Gasteiger partial charge in [0.25, 0.3) is 0 Å². The van der Waals surface area contributed by atoms with E-state index < -0.39 is 0 Å². The van der Waals surface area contributed by atoms with E-state index in [0.29, 0.717) is 5.88 Å². The zero-order valence-corrected chi connectivity index (χ0v) is 8.58. The first-order valence-electron chi connectivity index (χ1n) is 3.76. The molecule has 4 heteroatoms. The monoisotopic (exact) mass is 238 g/mol. The molecule has 13 heavy (non-hydrogen) atoms. The van der Waals surface area contributed by atoms with Crippen molar-refractivity contribution in [3.63, 3.8) is 0 Å². The van der Waals surface area contributed by atoms with Crippen LogP contribution in [0.3, 0.4) is 0 Å². The maximum atomic E-state index is 5.01. The number of hydrogen-bond acceptors (Lipinski definition) is 3. The van der Waals surface area contributed by atoms with E-state index in [1.54, 1.807) is 19.4 Å². The number of fused-ring (bicyclic) bond motifs is 1. The van der Waals surface area contributed by atoms with Crippen LogP contribution < -0.4 is 4.74 Å². The molecule has 2 heterocycles. The van der Waals surface area contributed by atoms with E-state index in [2.05, 4.69) is 25.9 Å². The second-order valence-electron chi connectivity index (χ2n) is 2.55. The van der Waals surface area contributed by atoms with Crippen LogP contribution in [-0.4, -0.2) is 17.1 Å². The predicted molar refractivity (Wildman–Crippen MR) is 53.8 cm³/mol. The highest BCUT2D eigenvalue weighted by Crippen LogP contribution is 2.17. The van der Waals surface area contributed by atoms with Crippen LogP contribution in [-0.2, 0) is 0 Å². The van der Waals surface area contributed by atoms with Gasteiger partial charge in [0.15, 0.2) is 0 Å². The van der Waals surface area contributed by atoms with Gasteiger partial charge >= 0.3 is 0 Å². The van der Waals surface area contributed by atoms with Gasteiger partial charge in [0.2, 0.25) is 5.88 Å². The Bertz CT molecular complexity index is 445. The lowest BCUT2D eigenvalue weighted by Gasteiger charge is -2.00. The number of pyridine rings is 2. The van der Waals surface area contributed by atoms with E-state index in [9.17, 15) is 0 Å². The Hall–Kier alpha value is -1.16. The molecular formula is C9H7BrN2O. The third kappa shape index (κ3) is 1.62. The maximum absolute atomic E-state index is 5.01. The number of halogens is 1. The summed E-state index contributed by atoms with van der Waals surface area (Å²) >= 11 is 3.34. The van der Waals surface area contributed by atoms with Crippen molar-refractivity contribution in [3.05, 3.63) is 28.9 Å². The predicted octanol–water partition coefficient (Wildman–Crippen LogP) is 2.40. The fourth-order valence-corrected chi connectivity index (χ4v) is 1.40. The van der Waals surface area contributed by atoms with E-state index in [-0.39, 0.29) is 0 Å². The molecule has 0 aliphatic heterocycles. The van der Waals surface area contributed by atoms with Gasteiger partial charge in [-0.3, -0.25) is 4.98 Å². The van der Waals surface area contributed by atoms with Crippen LogP contribution >= 0.6 is 15.9 Å². The Morgan fingerprint density at radius 3 is 2.92 bits per heavy atom. The van der Waals surface area contributed by atoms with Gasteiger partial charge in [-0.1, -0.05) is 0 Å². The van der Waals surface area contributed by atoms with Crippen molar-refractivity contribution in [3.8, 4) is 5.88 Å². The van der Waals surface area contributed by atoms with Crippen LogP contribution in [0.5, 0.6) is 5.88 Å². The van der Waals surface area contributed by atoms with Crippen LogP contribution in [0.15, 0.2) is 28.9 Å². The normalized spacial score (nSPS) is 10.3. The molecule has 0 aliphatic rings. The number of hydrogen-bond donors (Lipinski definition) is 0. The molecule has 66 valence electrons. The van der Waals surface area contributed by atoms with Crippen molar-refractivity contribution < 1.29 is 4.74 Å². The van der Waals surface area contributed by atoms with Crippen LogP contribution in [0.1, 0.15) is 0 Å². The van der Waals surface area contributed by atoms with E-state index in [1.165, 1.54) is 0 Å². The van der Waals surface area contributed by atoms with Gasteiger partial charge in [0.05, 0.1) is 18.1 Å². The average Bonchev–Trinajstić information content (AvgIpc) is 2.16. The summed E-state index contributed by atoms with van der Waals surface area (Å²) in [6.45, 7) is 0. The first-order valence-corrected chi connectivity index (χ1v) is 4.55. The Morgan fingerprint density at radius 1 is 1.31 bits per heavy atom. The molecule has 0 saturated heterocycles. The van der Waals surface area contributed by atoms with Gasteiger partial charge < -0.3 is 4.74 Å². The van der Waals surface area contributed by atoms with E-state index in [4.69, 9.17) is 4.74 Å². The van der Waals surface area contributed by atoms with Gasteiger partial charge in [0.1, 0.15) is 0 Å². The summed E-state index contributed by atoms with van der Waals surface area (Å²) in [4.78, 5) is 8.43. The van der Waals surface area contributed by atoms with Crippen molar-refractivity contribution in [2.75, 3.05) is 7.11 Å². The smallest absolute Gasteiger partial charge is 0.213 e. The quantitative estimate of drug-likeness (QED) is 0.766. The van der Waals surface area contributed by atoms with E-state index in [1.807, 2.05) is 12.1 Å². The molecule has 0 aromatic carbocycles. The van der Waals surface area contributed by atoms with Gasteiger partial charge in [0, 0.05) is 16.7 Å². The fourth-order valence-electron chi connectivity index (χ4n) is 1.08. The van der Waals surface area contributed by atoms with Crippen molar-refractivity contribution in [2.45, 2.75) is 0 Å². The van der Waals surface area contributed by atoms with Crippen LogP contribution in [0.2, 0.25) is 0 Å². The summed E-state index contributed by atoms with van der Waals surface area (Å²) in [5, 5.41) is 0. The lowest BCUT2D eigenvalue weighted by Crippen LogP contribution is -1.88. The number of ether oxygens (including phenoxy) is 1. The second kappa shape index (κ2) is 3.30. The summed E-state index contributed by atoms with van der Waals surface area (Å²) in [7, 11) is 1.60. The lowest BCUT2D eigenvalue weighted by atomic mass is 10.3. The number of rotatable bonds is 1. The summed E-state index contributed by atoms with van der Waals surface area (Å²) in [5.74, 6) is 0.604. The largest absolute Gasteiger partial charge is 0.481 e. The molecule has 0 saturated carbocycles. The third-order valence-electron chi connectivity index (χ3n) is 1.69. The van der Waals surface area contributed by atoms with Gasteiger partial charge in [-0.25, -0.2) is 4.98 Å². The molecule has 0 amide bonds. The number of methoxy groups -OCH3 is 1. The summed E-state index contributed by atoms with van der Waals surface area (Å²) in [6.07, 6.45) is 1.75. The topological polar surface area (TPSA) is 35.0 Å². The molecule has 0 fully saturated rings. The highest BCUT2D eigenvalue weighted by molar-refractivity contribution is 9.10. The zero-order valence-electron chi connectivity index (χ0n) is 6.99. The maximum Gasteiger partial charge on any atom is 0.213 e. The van der Waals surface area contributed by atoms with Crippen molar-refractivity contribution in [1.82, 2.24) is 9.97 Å². The van der Waals surface area contributed by atoms with Gasteiger partial charge in [-0.05, 0) is 28.1 Å². The molecule has 0 radical (unpaired) electrons. The van der Waals surface area contributed by atoms with Crippen molar-refractivity contribution >= 4 is 27.0 Å². The summed E-state index contributed by atoms with van der Waals surface area (Å²) in [6, 6.07) is 5.59. The minimum atomic E-state index is 0.604. The molecule has 3 nitrogen and oxygen atoms in total. The summed E-state index contributed by atoms with van der Waals surface area (Å²) < 4.78 is 5.93. The minimum absolute atomic E-state index is 0.604. The van der Waals surface area contributed by atoms with Crippen LogP contribution in [0.25, 0.3) is 11.0 Å². The zero-order chi connectivity index (χ0) is 9.26. The summed E-state index contributed by atoms with van der Waals surface area (Å²) in [5.41, 5.74) is 1.69. The molecule has 2 aromatic heterocycles. The lowest BCUT2D eigenvalue weighted by molar-refractivity contribution is 0.399. The molecule has 0 bridgehead atoms. The van der Waals surface area contributed by atoms with E-state index in [0.717, 1.165) is 15.5 Å². The standard InChI is InChI=1S/C9H7BrN2O/c1-13-9-3-2-7-8(12-9)4-6(10)5-11-7/h2-5H,1H3. The van der Waals surface area contributed by atoms with Gasteiger partial charge in [-0.2, -0.15) is 0 Å². The van der Waals surface area contributed by atoms with Gasteiger partial charge in [-0.15, -0.1) is 0 Å². The Balaban J connectivity index is 2.68. The molecule has 0 spiro atoms.